The van der Waals surface area contributed by atoms with Crippen molar-refractivity contribution in [2.45, 2.75) is 50.3 Å². The lowest BCUT2D eigenvalue weighted by atomic mass is 10.0. The summed E-state index contributed by atoms with van der Waals surface area (Å²) in [5, 5.41) is 2.94. The van der Waals surface area contributed by atoms with E-state index in [0.29, 0.717) is 19.1 Å². The van der Waals surface area contributed by atoms with Crippen LogP contribution in [0, 0.1) is 0 Å². The molecule has 2 saturated heterocycles. The number of morpholine rings is 1. The number of ether oxygens (including phenoxy) is 1. The van der Waals surface area contributed by atoms with Crippen molar-refractivity contribution in [1.82, 2.24) is 15.1 Å². The van der Waals surface area contributed by atoms with E-state index >= 15 is 0 Å². The smallest absolute Gasteiger partial charge is 0.246 e. The van der Waals surface area contributed by atoms with E-state index in [1.165, 1.54) is 25.7 Å². The van der Waals surface area contributed by atoms with Crippen molar-refractivity contribution in [3.05, 3.63) is 0 Å². The second-order valence-electron chi connectivity index (χ2n) is 6.51. The van der Waals surface area contributed by atoms with Gasteiger partial charge in [0.15, 0.2) is 0 Å². The lowest BCUT2D eigenvalue weighted by Gasteiger charge is -2.41. The summed E-state index contributed by atoms with van der Waals surface area (Å²) < 4.78 is 5.52. The molecule has 6 heteroatoms. The largest absolute Gasteiger partial charge is 0.366 e. The van der Waals surface area contributed by atoms with Crippen LogP contribution in [0.15, 0.2) is 0 Å². The highest BCUT2D eigenvalue weighted by atomic mass is 16.5. The number of amides is 2. The van der Waals surface area contributed by atoms with Crippen LogP contribution in [0.2, 0.25) is 0 Å². The molecular weight excluding hydrogens is 270 g/mol. The number of fused-ring (bicyclic) bond motifs is 1. The molecule has 1 aliphatic carbocycles. The molecule has 2 amide bonds. The molecule has 0 aromatic heterocycles. The third kappa shape index (κ3) is 3.37. The average molecular weight is 295 g/mol. The van der Waals surface area contributed by atoms with E-state index in [2.05, 4.69) is 10.2 Å². The minimum Gasteiger partial charge on any atom is -0.366 e. The van der Waals surface area contributed by atoms with E-state index in [0.717, 1.165) is 13.0 Å². The molecule has 0 spiro atoms. The van der Waals surface area contributed by atoms with Crippen LogP contribution in [0.25, 0.3) is 0 Å². The van der Waals surface area contributed by atoms with Gasteiger partial charge in [-0.25, -0.2) is 0 Å². The van der Waals surface area contributed by atoms with Gasteiger partial charge in [-0.05, 0) is 26.3 Å². The molecule has 6 nitrogen and oxygen atoms in total. The number of likely N-dealkylation sites (N-methyl/N-ethyl adjacent to an activating group) is 1. The Kier molecular flexibility index (Phi) is 4.45. The molecule has 3 rings (SSSR count). The molecule has 2 atom stereocenters. The molecule has 0 radical (unpaired) electrons. The molecule has 2 aliphatic heterocycles. The van der Waals surface area contributed by atoms with Crippen LogP contribution in [-0.2, 0) is 14.3 Å². The van der Waals surface area contributed by atoms with Crippen molar-refractivity contribution in [2.75, 3.05) is 33.3 Å². The van der Waals surface area contributed by atoms with Gasteiger partial charge in [0.2, 0.25) is 11.8 Å². The van der Waals surface area contributed by atoms with E-state index in [1.807, 2.05) is 11.9 Å². The highest BCUT2D eigenvalue weighted by Crippen LogP contribution is 2.23. The first kappa shape index (κ1) is 14.8. The van der Waals surface area contributed by atoms with Gasteiger partial charge in [-0.1, -0.05) is 12.8 Å². The molecule has 2 heterocycles. The van der Waals surface area contributed by atoms with Crippen LogP contribution < -0.4 is 5.32 Å². The first-order chi connectivity index (χ1) is 10.1. The normalized spacial score (nSPS) is 30.4. The number of carbonyl (C=O) groups is 2. The third-order valence-corrected chi connectivity index (χ3v) is 5.01. The minimum atomic E-state index is -0.0753. The van der Waals surface area contributed by atoms with E-state index < -0.39 is 0 Å². The maximum atomic E-state index is 12.5. The van der Waals surface area contributed by atoms with Crippen LogP contribution in [0.5, 0.6) is 0 Å². The summed E-state index contributed by atoms with van der Waals surface area (Å²) in [6.45, 7) is 1.94. The standard InChI is InChI=1S/C15H25N3O3/c1-17(11-4-2-3-5-11)9-15(20)18-7-6-13-12(8-18)16-14(19)10-21-13/h11-13H,2-10H2,1H3,(H,16,19)/t12-,13+/m0/s1. The Labute approximate surface area is 125 Å². The minimum absolute atomic E-state index is 0.0410. The number of nitrogens with zero attached hydrogens (tertiary/aromatic N) is 2. The zero-order valence-corrected chi connectivity index (χ0v) is 12.7. The van der Waals surface area contributed by atoms with Crippen LogP contribution in [0.1, 0.15) is 32.1 Å². The fourth-order valence-corrected chi connectivity index (χ4v) is 3.71. The van der Waals surface area contributed by atoms with Crippen molar-refractivity contribution < 1.29 is 14.3 Å². The highest BCUT2D eigenvalue weighted by molar-refractivity contribution is 5.80. The predicted octanol–water partition coefficient (Wildman–Crippen LogP) is -0.0233. The molecule has 0 bridgehead atoms. The van der Waals surface area contributed by atoms with Gasteiger partial charge >= 0.3 is 0 Å². The molecule has 0 aromatic rings. The molecule has 3 aliphatic rings. The highest BCUT2D eigenvalue weighted by Gasteiger charge is 2.36. The van der Waals surface area contributed by atoms with Crippen molar-refractivity contribution in [2.24, 2.45) is 0 Å². The molecule has 0 aromatic carbocycles. The Balaban J connectivity index is 1.51. The Morgan fingerprint density at radius 1 is 1.38 bits per heavy atom. The number of nitrogens with one attached hydrogen (secondary N) is 1. The van der Waals surface area contributed by atoms with Crippen LogP contribution in [0.3, 0.4) is 0 Å². The summed E-state index contributed by atoms with van der Waals surface area (Å²) in [6, 6.07) is 0.518. The summed E-state index contributed by atoms with van der Waals surface area (Å²) in [5.74, 6) is 0.0938. The number of carbonyl (C=O) groups excluding carboxylic acids is 2. The van der Waals surface area contributed by atoms with Crippen molar-refractivity contribution in [3.63, 3.8) is 0 Å². The second-order valence-corrected chi connectivity index (χ2v) is 6.51. The van der Waals surface area contributed by atoms with Gasteiger partial charge in [-0.2, -0.15) is 0 Å². The second kappa shape index (κ2) is 6.32. The Bertz CT molecular complexity index is 409. The molecule has 1 saturated carbocycles. The molecule has 0 unspecified atom stereocenters. The number of hydrogen-bond donors (Lipinski definition) is 1. The molecular formula is C15H25N3O3. The van der Waals surface area contributed by atoms with E-state index in [9.17, 15) is 9.59 Å². The summed E-state index contributed by atoms with van der Waals surface area (Å²) in [6.07, 6.45) is 5.85. The summed E-state index contributed by atoms with van der Waals surface area (Å²) in [4.78, 5) is 27.9. The van der Waals surface area contributed by atoms with Crippen LogP contribution >= 0.6 is 0 Å². The zero-order chi connectivity index (χ0) is 14.8. The molecule has 3 fully saturated rings. The van der Waals surface area contributed by atoms with Gasteiger partial charge in [0, 0.05) is 19.1 Å². The van der Waals surface area contributed by atoms with E-state index in [1.54, 1.807) is 0 Å². The van der Waals surface area contributed by atoms with Gasteiger partial charge in [-0.15, -0.1) is 0 Å². The van der Waals surface area contributed by atoms with Crippen LogP contribution in [0.4, 0.5) is 0 Å². The fourth-order valence-electron chi connectivity index (χ4n) is 3.71. The summed E-state index contributed by atoms with van der Waals surface area (Å²) in [7, 11) is 2.05. The summed E-state index contributed by atoms with van der Waals surface area (Å²) in [5.41, 5.74) is 0. The van der Waals surface area contributed by atoms with Gasteiger partial charge < -0.3 is 15.0 Å². The number of hydrogen-bond acceptors (Lipinski definition) is 4. The lowest BCUT2D eigenvalue weighted by molar-refractivity contribution is -0.147. The van der Waals surface area contributed by atoms with Crippen molar-refractivity contribution in [3.8, 4) is 0 Å². The van der Waals surface area contributed by atoms with E-state index in [-0.39, 0.29) is 30.6 Å². The van der Waals surface area contributed by atoms with Gasteiger partial charge in [-0.3, -0.25) is 14.5 Å². The number of piperidine rings is 1. The summed E-state index contributed by atoms with van der Waals surface area (Å²) >= 11 is 0. The molecule has 1 N–H and O–H groups in total. The fraction of sp³-hybridized carbons (Fsp3) is 0.867. The first-order valence-corrected chi connectivity index (χ1v) is 8.02. The maximum absolute atomic E-state index is 12.5. The zero-order valence-electron chi connectivity index (χ0n) is 12.7. The Morgan fingerprint density at radius 2 is 2.14 bits per heavy atom. The SMILES string of the molecule is CN(CC(=O)N1CC[C@H]2OCC(=O)N[C@H]2C1)C1CCCC1. The molecule has 118 valence electrons. The van der Waals surface area contributed by atoms with Crippen molar-refractivity contribution in [1.29, 1.82) is 0 Å². The Hall–Kier alpha value is -1.14. The number of rotatable bonds is 3. The first-order valence-electron chi connectivity index (χ1n) is 8.02. The monoisotopic (exact) mass is 295 g/mol. The van der Waals surface area contributed by atoms with Crippen molar-refractivity contribution >= 4 is 11.8 Å². The van der Waals surface area contributed by atoms with Gasteiger partial charge in [0.05, 0.1) is 18.7 Å². The van der Waals surface area contributed by atoms with Crippen LogP contribution in [-0.4, -0.2) is 73.1 Å². The number of likely N-dealkylation sites (tertiary alicyclic amines) is 1. The van der Waals surface area contributed by atoms with Gasteiger partial charge in [0.1, 0.15) is 6.61 Å². The average Bonchev–Trinajstić information content (AvgIpc) is 3.00. The lowest BCUT2D eigenvalue weighted by Crippen LogP contribution is -2.61. The molecule has 21 heavy (non-hydrogen) atoms. The topological polar surface area (TPSA) is 61.9 Å². The quantitative estimate of drug-likeness (QED) is 0.795. The predicted molar refractivity (Wildman–Crippen MR) is 77.8 cm³/mol. The van der Waals surface area contributed by atoms with Gasteiger partial charge in [0.25, 0.3) is 0 Å². The van der Waals surface area contributed by atoms with E-state index in [4.69, 9.17) is 4.74 Å². The maximum Gasteiger partial charge on any atom is 0.246 e. The third-order valence-electron chi connectivity index (χ3n) is 5.01. The Morgan fingerprint density at radius 3 is 2.90 bits per heavy atom.